The Labute approximate surface area is 168 Å². The van der Waals surface area contributed by atoms with Gasteiger partial charge in [0.1, 0.15) is 11.6 Å². The monoisotopic (exact) mass is 408 g/mol. The summed E-state index contributed by atoms with van der Waals surface area (Å²) in [6.45, 7) is 5.10. The zero-order valence-corrected chi connectivity index (χ0v) is 16.7. The summed E-state index contributed by atoms with van der Waals surface area (Å²) in [6.07, 6.45) is 0. The van der Waals surface area contributed by atoms with Crippen LogP contribution in [0.4, 0.5) is 20.2 Å². The lowest BCUT2D eigenvalue weighted by Gasteiger charge is -2.27. The smallest absolute Gasteiger partial charge is 0.170 e. The van der Waals surface area contributed by atoms with Crippen molar-refractivity contribution in [2.24, 2.45) is 5.41 Å². The second-order valence-electron chi connectivity index (χ2n) is 6.74. The van der Waals surface area contributed by atoms with E-state index in [1.54, 1.807) is 36.4 Å². The van der Waals surface area contributed by atoms with Crippen LogP contribution >= 0.6 is 24.4 Å². The standard InChI is InChI=1S/C19H22F2N4S2/c1-19(2,11-22-17(26)24-15-9-5-3-7-13(15)20)12-23-18(27)25-16-10-6-4-8-14(16)21/h3-10H,11-12H2,1-2H3,(H2,22,24,26)(H2,23,25,27). The van der Waals surface area contributed by atoms with Gasteiger partial charge >= 0.3 is 0 Å². The van der Waals surface area contributed by atoms with Crippen LogP contribution in [0.15, 0.2) is 48.5 Å². The van der Waals surface area contributed by atoms with Crippen molar-refractivity contribution in [1.29, 1.82) is 0 Å². The van der Waals surface area contributed by atoms with Gasteiger partial charge in [0.2, 0.25) is 0 Å². The van der Waals surface area contributed by atoms with Crippen LogP contribution in [0.1, 0.15) is 13.8 Å². The molecule has 8 heteroatoms. The molecule has 0 atom stereocenters. The van der Waals surface area contributed by atoms with E-state index in [2.05, 4.69) is 21.3 Å². The number of halogens is 2. The van der Waals surface area contributed by atoms with Gasteiger partial charge in [-0.3, -0.25) is 0 Å². The Bertz CT molecular complexity index is 746. The van der Waals surface area contributed by atoms with Crippen LogP contribution in [0.25, 0.3) is 0 Å². The van der Waals surface area contributed by atoms with Crippen LogP contribution in [-0.2, 0) is 0 Å². The summed E-state index contributed by atoms with van der Waals surface area (Å²) < 4.78 is 27.3. The van der Waals surface area contributed by atoms with Crippen LogP contribution in [0.3, 0.4) is 0 Å². The van der Waals surface area contributed by atoms with Gasteiger partial charge in [-0.2, -0.15) is 0 Å². The van der Waals surface area contributed by atoms with Gasteiger partial charge < -0.3 is 21.3 Å². The molecule has 4 N–H and O–H groups in total. The maximum atomic E-state index is 13.6. The Balaban J connectivity index is 1.77. The van der Waals surface area contributed by atoms with E-state index < -0.39 is 0 Å². The first-order chi connectivity index (χ1) is 12.8. The molecule has 0 heterocycles. The van der Waals surface area contributed by atoms with Crippen molar-refractivity contribution < 1.29 is 8.78 Å². The topological polar surface area (TPSA) is 48.1 Å². The number of rotatable bonds is 6. The van der Waals surface area contributed by atoms with E-state index >= 15 is 0 Å². The Morgan fingerprint density at radius 1 is 0.778 bits per heavy atom. The first-order valence-electron chi connectivity index (χ1n) is 8.36. The molecular formula is C19H22F2N4S2. The minimum absolute atomic E-state index is 0.220. The van der Waals surface area contributed by atoms with Gasteiger partial charge in [-0.15, -0.1) is 0 Å². The van der Waals surface area contributed by atoms with E-state index in [4.69, 9.17) is 24.4 Å². The molecule has 27 heavy (non-hydrogen) atoms. The molecule has 0 saturated carbocycles. The molecular weight excluding hydrogens is 386 g/mol. The van der Waals surface area contributed by atoms with Gasteiger partial charge in [0, 0.05) is 13.1 Å². The lowest BCUT2D eigenvalue weighted by atomic mass is 9.93. The third-order valence-corrected chi connectivity index (χ3v) is 4.19. The van der Waals surface area contributed by atoms with E-state index in [-0.39, 0.29) is 17.0 Å². The highest BCUT2D eigenvalue weighted by atomic mass is 32.1. The zero-order chi connectivity index (χ0) is 19.9. The summed E-state index contributed by atoms with van der Waals surface area (Å²) in [4.78, 5) is 0. The molecule has 0 unspecified atom stereocenters. The van der Waals surface area contributed by atoms with E-state index in [1.807, 2.05) is 13.8 Å². The van der Waals surface area contributed by atoms with Crippen molar-refractivity contribution in [1.82, 2.24) is 10.6 Å². The van der Waals surface area contributed by atoms with E-state index in [0.717, 1.165) is 0 Å². The average molecular weight is 409 g/mol. The summed E-state index contributed by atoms with van der Waals surface area (Å²) in [6, 6.07) is 12.6. The number of para-hydroxylation sites is 2. The number of benzene rings is 2. The van der Waals surface area contributed by atoms with Crippen LogP contribution in [0.5, 0.6) is 0 Å². The second kappa shape index (κ2) is 9.57. The largest absolute Gasteiger partial charge is 0.362 e. The highest BCUT2D eigenvalue weighted by molar-refractivity contribution is 7.80. The molecule has 2 aromatic rings. The van der Waals surface area contributed by atoms with Gasteiger partial charge in [-0.25, -0.2) is 8.78 Å². The van der Waals surface area contributed by atoms with Gasteiger partial charge in [0.15, 0.2) is 10.2 Å². The zero-order valence-electron chi connectivity index (χ0n) is 15.1. The molecule has 0 fully saturated rings. The Morgan fingerprint density at radius 3 is 1.52 bits per heavy atom. The molecule has 0 amide bonds. The fourth-order valence-corrected chi connectivity index (χ4v) is 2.52. The van der Waals surface area contributed by atoms with Crippen molar-refractivity contribution in [2.75, 3.05) is 23.7 Å². The van der Waals surface area contributed by atoms with Crippen LogP contribution in [0.2, 0.25) is 0 Å². The number of hydrogen-bond donors (Lipinski definition) is 4. The highest BCUT2D eigenvalue weighted by Crippen LogP contribution is 2.15. The lowest BCUT2D eigenvalue weighted by molar-refractivity contribution is 0.362. The van der Waals surface area contributed by atoms with Crippen molar-refractivity contribution in [3.63, 3.8) is 0 Å². The summed E-state index contributed by atoms with van der Waals surface area (Å²) in [5.74, 6) is -0.737. The molecule has 0 aliphatic rings. The van der Waals surface area contributed by atoms with Crippen LogP contribution in [-0.4, -0.2) is 23.3 Å². The number of nitrogens with one attached hydrogen (secondary N) is 4. The van der Waals surface area contributed by atoms with Crippen LogP contribution < -0.4 is 21.3 Å². The average Bonchev–Trinajstić information content (AvgIpc) is 2.62. The Morgan fingerprint density at radius 2 is 1.15 bits per heavy atom. The quantitative estimate of drug-likeness (QED) is 0.536. The van der Waals surface area contributed by atoms with Gasteiger partial charge in [-0.05, 0) is 54.1 Å². The first-order valence-corrected chi connectivity index (χ1v) is 9.17. The Hall–Kier alpha value is -2.32. The molecule has 4 nitrogen and oxygen atoms in total. The second-order valence-corrected chi connectivity index (χ2v) is 7.56. The van der Waals surface area contributed by atoms with Gasteiger partial charge in [0.25, 0.3) is 0 Å². The molecule has 0 radical (unpaired) electrons. The molecule has 2 aromatic carbocycles. The summed E-state index contributed by atoms with van der Waals surface area (Å²) in [5, 5.41) is 12.5. The fourth-order valence-electron chi connectivity index (χ4n) is 2.16. The van der Waals surface area contributed by atoms with Crippen molar-refractivity contribution in [2.45, 2.75) is 13.8 Å². The molecule has 0 aliphatic carbocycles. The van der Waals surface area contributed by atoms with E-state index in [1.165, 1.54) is 12.1 Å². The van der Waals surface area contributed by atoms with Gasteiger partial charge in [-0.1, -0.05) is 38.1 Å². The highest BCUT2D eigenvalue weighted by Gasteiger charge is 2.19. The molecule has 0 saturated heterocycles. The maximum Gasteiger partial charge on any atom is 0.170 e. The molecule has 0 aromatic heterocycles. The van der Waals surface area contributed by atoms with E-state index in [0.29, 0.717) is 34.7 Å². The molecule has 0 bridgehead atoms. The third-order valence-electron chi connectivity index (χ3n) is 3.70. The molecule has 2 rings (SSSR count). The number of thiocarbonyl (C=S) groups is 2. The molecule has 0 aliphatic heterocycles. The lowest BCUT2D eigenvalue weighted by Crippen LogP contribution is -2.44. The van der Waals surface area contributed by atoms with Crippen molar-refractivity contribution in [3.05, 3.63) is 60.2 Å². The number of hydrogen-bond acceptors (Lipinski definition) is 2. The third kappa shape index (κ3) is 7.07. The predicted molar refractivity (Wildman–Crippen MR) is 115 cm³/mol. The normalized spacial score (nSPS) is 10.8. The van der Waals surface area contributed by atoms with E-state index in [9.17, 15) is 8.78 Å². The minimum atomic E-state index is -0.368. The SMILES string of the molecule is CC(C)(CNC(=S)Nc1ccccc1F)CNC(=S)Nc1ccccc1F. The van der Waals surface area contributed by atoms with Crippen molar-refractivity contribution in [3.8, 4) is 0 Å². The maximum absolute atomic E-state index is 13.6. The molecule has 0 spiro atoms. The fraction of sp³-hybridized carbons (Fsp3) is 0.263. The minimum Gasteiger partial charge on any atom is -0.362 e. The van der Waals surface area contributed by atoms with Crippen molar-refractivity contribution >= 4 is 46.0 Å². The van der Waals surface area contributed by atoms with Gasteiger partial charge in [0.05, 0.1) is 11.4 Å². The first kappa shape index (κ1) is 21.0. The number of anilines is 2. The Kier molecular flexibility index (Phi) is 7.44. The summed E-state index contributed by atoms with van der Waals surface area (Å²) in [5.41, 5.74) is 0.421. The summed E-state index contributed by atoms with van der Waals surface area (Å²) >= 11 is 10.4. The van der Waals surface area contributed by atoms with Crippen LogP contribution in [0, 0.1) is 17.0 Å². The molecule has 144 valence electrons. The summed E-state index contributed by atoms with van der Waals surface area (Å²) in [7, 11) is 0. The predicted octanol–water partition coefficient (Wildman–Crippen LogP) is 4.26.